The molecule has 4 nitrogen and oxygen atoms in total. The molecule has 0 unspecified atom stereocenters. The molecule has 1 aliphatic rings. The summed E-state index contributed by atoms with van der Waals surface area (Å²) in [6.45, 7) is 1.92. The largest absolute Gasteiger partial charge is 0.373 e. The summed E-state index contributed by atoms with van der Waals surface area (Å²) < 4.78 is 0. The van der Waals surface area contributed by atoms with E-state index >= 15 is 0 Å². The smallest absolute Gasteiger partial charge is 0.256 e. The first-order valence-electron chi connectivity index (χ1n) is 7.11. The average molecular weight is 349 g/mol. The van der Waals surface area contributed by atoms with E-state index in [0.717, 1.165) is 5.56 Å². The van der Waals surface area contributed by atoms with Crippen LogP contribution in [0.2, 0.25) is 10.0 Å². The Morgan fingerprint density at radius 2 is 1.87 bits per heavy atom. The van der Waals surface area contributed by atoms with Crippen molar-refractivity contribution in [3.05, 3.63) is 58.1 Å². The molecule has 3 rings (SSSR count). The monoisotopic (exact) mass is 348 g/mol. The topological polar surface area (TPSA) is 49.4 Å². The molecule has 0 radical (unpaired) electrons. The number of halogens is 2. The third kappa shape index (κ3) is 3.19. The van der Waals surface area contributed by atoms with Crippen LogP contribution in [0.1, 0.15) is 12.0 Å². The predicted octanol–water partition coefficient (Wildman–Crippen LogP) is 4.05. The highest BCUT2D eigenvalue weighted by Gasteiger charge is 2.39. The van der Waals surface area contributed by atoms with Gasteiger partial charge in [-0.3, -0.25) is 9.59 Å². The minimum Gasteiger partial charge on any atom is -0.373 e. The van der Waals surface area contributed by atoms with Gasteiger partial charge >= 0.3 is 0 Å². The van der Waals surface area contributed by atoms with E-state index in [-0.39, 0.29) is 18.2 Å². The number of nitrogens with zero attached hydrogens (tertiary/aromatic N) is 1. The van der Waals surface area contributed by atoms with Gasteiger partial charge in [0.05, 0.1) is 22.2 Å². The molecule has 1 fully saturated rings. The zero-order valence-electron chi connectivity index (χ0n) is 12.3. The van der Waals surface area contributed by atoms with Crippen molar-refractivity contribution in [1.29, 1.82) is 0 Å². The van der Waals surface area contributed by atoms with Gasteiger partial charge < -0.3 is 5.32 Å². The highest BCUT2D eigenvalue weighted by atomic mass is 35.5. The molecule has 118 valence electrons. The zero-order chi connectivity index (χ0) is 16.6. The Labute approximate surface area is 144 Å². The van der Waals surface area contributed by atoms with Gasteiger partial charge in [0.2, 0.25) is 5.91 Å². The van der Waals surface area contributed by atoms with Crippen molar-refractivity contribution in [2.45, 2.75) is 19.4 Å². The SMILES string of the molecule is Cc1cccc(N2C(=O)C[C@@H](Nc3ccc(Cl)c(Cl)c3)C2=O)c1. The highest BCUT2D eigenvalue weighted by Crippen LogP contribution is 2.28. The first kappa shape index (κ1) is 15.8. The number of nitrogens with one attached hydrogen (secondary N) is 1. The molecule has 1 saturated heterocycles. The second-order valence-electron chi connectivity index (χ2n) is 5.44. The van der Waals surface area contributed by atoms with Crippen LogP contribution in [0.5, 0.6) is 0 Å². The maximum atomic E-state index is 12.6. The molecule has 1 aliphatic heterocycles. The van der Waals surface area contributed by atoms with E-state index < -0.39 is 6.04 Å². The minimum atomic E-state index is -0.611. The third-order valence-corrected chi connectivity index (χ3v) is 4.41. The van der Waals surface area contributed by atoms with Crippen LogP contribution in [0.4, 0.5) is 11.4 Å². The molecule has 2 aromatic rings. The molecular formula is C17H14Cl2N2O2. The molecule has 0 aliphatic carbocycles. The van der Waals surface area contributed by atoms with Gasteiger partial charge in [-0.1, -0.05) is 35.3 Å². The van der Waals surface area contributed by atoms with Crippen LogP contribution >= 0.6 is 23.2 Å². The van der Waals surface area contributed by atoms with Gasteiger partial charge in [0.15, 0.2) is 0 Å². The van der Waals surface area contributed by atoms with Crippen molar-refractivity contribution in [2.24, 2.45) is 0 Å². The number of carbonyl (C=O) groups excluding carboxylic acids is 2. The Kier molecular flexibility index (Phi) is 4.28. The van der Waals surface area contributed by atoms with Crippen molar-refractivity contribution in [3.63, 3.8) is 0 Å². The minimum absolute atomic E-state index is 0.104. The number of carbonyl (C=O) groups is 2. The standard InChI is InChI=1S/C17H14Cl2N2O2/c1-10-3-2-4-12(7-10)21-16(22)9-15(17(21)23)20-11-5-6-13(18)14(19)8-11/h2-8,15,20H,9H2,1H3/t15-/m1/s1. The summed E-state index contributed by atoms with van der Waals surface area (Å²) in [6, 6.07) is 11.7. The Bertz CT molecular complexity index is 792. The molecule has 0 aromatic heterocycles. The Morgan fingerprint density at radius 3 is 2.57 bits per heavy atom. The number of aryl methyl sites for hydroxylation is 1. The molecule has 0 spiro atoms. The molecule has 0 bridgehead atoms. The average Bonchev–Trinajstić information content (AvgIpc) is 2.77. The van der Waals surface area contributed by atoms with E-state index in [2.05, 4.69) is 5.32 Å². The van der Waals surface area contributed by atoms with Crippen LogP contribution in [-0.4, -0.2) is 17.9 Å². The number of hydrogen-bond acceptors (Lipinski definition) is 3. The van der Waals surface area contributed by atoms with Crippen molar-refractivity contribution in [1.82, 2.24) is 0 Å². The van der Waals surface area contributed by atoms with E-state index in [1.807, 2.05) is 25.1 Å². The normalized spacial score (nSPS) is 17.7. The fraction of sp³-hybridized carbons (Fsp3) is 0.176. The summed E-state index contributed by atoms with van der Waals surface area (Å²) in [6.07, 6.45) is 0.104. The number of benzene rings is 2. The molecule has 2 amide bonds. The lowest BCUT2D eigenvalue weighted by Gasteiger charge is -2.16. The number of anilines is 2. The first-order chi connectivity index (χ1) is 11.0. The molecule has 1 atom stereocenters. The lowest BCUT2D eigenvalue weighted by Crippen LogP contribution is -2.34. The second-order valence-corrected chi connectivity index (χ2v) is 6.25. The van der Waals surface area contributed by atoms with E-state index in [1.54, 1.807) is 24.3 Å². The van der Waals surface area contributed by atoms with Crippen molar-refractivity contribution in [3.8, 4) is 0 Å². The summed E-state index contributed by atoms with van der Waals surface area (Å²) in [7, 11) is 0. The van der Waals surface area contributed by atoms with E-state index in [4.69, 9.17) is 23.2 Å². The van der Waals surface area contributed by atoms with Crippen LogP contribution in [0.3, 0.4) is 0 Å². The number of rotatable bonds is 3. The van der Waals surface area contributed by atoms with Crippen LogP contribution < -0.4 is 10.2 Å². The Balaban J connectivity index is 1.82. The predicted molar refractivity (Wildman–Crippen MR) is 92.2 cm³/mol. The number of hydrogen-bond donors (Lipinski definition) is 1. The summed E-state index contributed by atoms with van der Waals surface area (Å²) >= 11 is 11.9. The maximum Gasteiger partial charge on any atom is 0.256 e. The summed E-state index contributed by atoms with van der Waals surface area (Å²) in [5.41, 5.74) is 2.24. The second kappa shape index (κ2) is 6.22. The molecule has 23 heavy (non-hydrogen) atoms. The van der Waals surface area contributed by atoms with Crippen LogP contribution in [0, 0.1) is 6.92 Å². The van der Waals surface area contributed by atoms with Gasteiger partial charge in [-0.25, -0.2) is 4.90 Å². The van der Waals surface area contributed by atoms with E-state index in [9.17, 15) is 9.59 Å². The van der Waals surface area contributed by atoms with Gasteiger partial charge in [-0.05, 0) is 42.8 Å². The Morgan fingerprint density at radius 1 is 1.09 bits per heavy atom. The zero-order valence-corrected chi connectivity index (χ0v) is 13.9. The lowest BCUT2D eigenvalue weighted by atomic mass is 10.2. The fourth-order valence-corrected chi connectivity index (χ4v) is 2.87. The molecule has 0 saturated carbocycles. The van der Waals surface area contributed by atoms with Crippen LogP contribution in [0.15, 0.2) is 42.5 Å². The van der Waals surface area contributed by atoms with Crippen molar-refractivity contribution < 1.29 is 9.59 Å². The Hall–Kier alpha value is -2.04. The third-order valence-electron chi connectivity index (χ3n) is 3.67. The molecule has 1 N–H and O–H groups in total. The number of amides is 2. The first-order valence-corrected chi connectivity index (χ1v) is 7.86. The summed E-state index contributed by atoms with van der Waals surface area (Å²) in [5.74, 6) is -0.496. The van der Waals surface area contributed by atoms with E-state index in [1.165, 1.54) is 4.90 Å². The lowest BCUT2D eigenvalue weighted by molar-refractivity contribution is -0.121. The van der Waals surface area contributed by atoms with Gasteiger partial charge in [0.1, 0.15) is 6.04 Å². The summed E-state index contributed by atoms with van der Waals surface area (Å²) in [4.78, 5) is 26.0. The molecule has 2 aromatic carbocycles. The van der Waals surface area contributed by atoms with E-state index in [0.29, 0.717) is 21.4 Å². The summed E-state index contributed by atoms with van der Waals surface area (Å²) in [5, 5.41) is 3.88. The van der Waals surface area contributed by atoms with Gasteiger partial charge in [-0.2, -0.15) is 0 Å². The van der Waals surface area contributed by atoms with Gasteiger partial charge in [-0.15, -0.1) is 0 Å². The van der Waals surface area contributed by atoms with Crippen LogP contribution in [0.25, 0.3) is 0 Å². The molecule has 1 heterocycles. The van der Waals surface area contributed by atoms with Gasteiger partial charge in [0.25, 0.3) is 5.91 Å². The molecule has 6 heteroatoms. The van der Waals surface area contributed by atoms with Crippen molar-refractivity contribution in [2.75, 3.05) is 10.2 Å². The van der Waals surface area contributed by atoms with Crippen LogP contribution in [-0.2, 0) is 9.59 Å². The van der Waals surface area contributed by atoms with Gasteiger partial charge in [0, 0.05) is 5.69 Å². The quantitative estimate of drug-likeness (QED) is 0.851. The maximum absolute atomic E-state index is 12.6. The highest BCUT2D eigenvalue weighted by molar-refractivity contribution is 6.42. The molecular weight excluding hydrogens is 335 g/mol. The number of imide groups is 1. The fourth-order valence-electron chi connectivity index (χ4n) is 2.57. The van der Waals surface area contributed by atoms with Crippen molar-refractivity contribution >= 4 is 46.4 Å².